The van der Waals surface area contributed by atoms with Crippen LogP contribution in [-0.4, -0.2) is 44.8 Å². The van der Waals surface area contributed by atoms with Gasteiger partial charge in [-0.25, -0.2) is 8.42 Å². The van der Waals surface area contributed by atoms with Crippen molar-refractivity contribution in [3.05, 3.63) is 64.1 Å². The summed E-state index contributed by atoms with van der Waals surface area (Å²) in [6.07, 6.45) is -0.0594. The molecular weight excluding hydrogens is 472 g/mol. The van der Waals surface area contributed by atoms with Crippen molar-refractivity contribution in [2.45, 2.75) is 31.2 Å². The van der Waals surface area contributed by atoms with Gasteiger partial charge in [0.1, 0.15) is 0 Å². The molecule has 1 amide bonds. The molecule has 2 rings (SSSR count). The molecular formula is C21H25BrN2O5S. The Balaban J connectivity index is 2.33. The lowest BCUT2D eigenvalue weighted by molar-refractivity contribution is -0.141. The quantitative estimate of drug-likeness (QED) is 0.536. The molecule has 1 atom stereocenters. The number of halogens is 1. The fraction of sp³-hybridized carbons (Fsp3) is 0.333. The van der Waals surface area contributed by atoms with E-state index in [4.69, 9.17) is 4.74 Å². The average molecular weight is 497 g/mol. The molecule has 0 aliphatic carbocycles. The SMILES string of the molecule is CCN(CC)S(=O)(=O)c1cccc(C(=O)NC(CC(=O)OC)c2cccc(Br)c2)c1. The van der Waals surface area contributed by atoms with Gasteiger partial charge in [-0.1, -0.05) is 48.0 Å². The second kappa shape index (κ2) is 10.7. The van der Waals surface area contributed by atoms with E-state index in [0.717, 1.165) is 10.0 Å². The Morgan fingerprint density at radius 2 is 1.77 bits per heavy atom. The number of carbonyl (C=O) groups excluding carboxylic acids is 2. The maximum absolute atomic E-state index is 12.9. The molecule has 2 aromatic rings. The maximum Gasteiger partial charge on any atom is 0.307 e. The van der Waals surface area contributed by atoms with Gasteiger partial charge in [-0.05, 0) is 35.9 Å². The first-order valence-corrected chi connectivity index (χ1v) is 11.7. The molecule has 30 heavy (non-hydrogen) atoms. The van der Waals surface area contributed by atoms with Crippen LogP contribution in [0.4, 0.5) is 0 Å². The highest BCUT2D eigenvalue weighted by molar-refractivity contribution is 9.10. The molecule has 0 spiro atoms. The highest BCUT2D eigenvalue weighted by atomic mass is 79.9. The molecule has 0 bridgehead atoms. The van der Waals surface area contributed by atoms with Crippen LogP contribution in [-0.2, 0) is 19.6 Å². The summed E-state index contributed by atoms with van der Waals surface area (Å²) >= 11 is 3.38. The van der Waals surface area contributed by atoms with E-state index < -0.39 is 27.9 Å². The summed E-state index contributed by atoms with van der Waals surface area (Å²) in [6, 6.07) is 12.5. The fourth-order valence-corrected chi connectivity index (χ4v) is 4.90. The van der Waals surface area contributed by atoms with Gasteiger partial charge in [0.2, 0.25) is 10.0 Å². The van der Waals surface area contributed by atoms with Gasteiger partial charge in [0, 0.05) is 23.1 Å². The summed E-state index contributed by atoms with van der Waals surface area (Å²) in [5.41, 5.74) is 0.906. The van der Waals surface area contributed by atoms with Crippen molar-refractivity contribution in [3.63, 3.8) is 0 Å². The number of hydrogen-bond donors (Lipinski definition) is 1. The number of sulfonamides is 1. The van der Waals surface area contributed by atoms with Crippen LogP contribution in [0.15, 0.2) is 57.9 Å². The molecule has 0 aliphatic heterocycles. The minimum atomic E-state index is -3.69. The largest absolute Gasteiger partial charge is 0.469 e. The van der Waals surface area contributed by atoms with Gasteiger partial charge in [-0.15, -0.1) is 0 Å². The normalized spacial score (nSPS) is 12.4. The first-order chi connectivity index (χ1) is 14.2. The zero-order chi connectivity index (χ0) is 22.3. The van der Waals surface area contributed by atoms with Gasteiger partial charge in [-0.2, -0.15) is 4.31 Å². The van der Waals surface area contributed by atoms with Gasteiger partial charge in [-0.3, -0.25) is 9.59 Å². The molecule has 0 heterocycles. The lowest BCUT2D eigenvalue weighted by atomic mass is 10.0. The minimum Gasteiger partial charge on any atom is -0.469 e. The van der Waals surface area contributed by atoms with E-state index in [1.54, 1.807) is 32.0 Å². The van der Waals surface area contributed by atoms with Crippen LogP contribution in [0.2, 0.25) is 0 Å². The molecule has 0 saturated heterocycles. The van der Waals surface area contributed by atoms with Gasteiger partial charge >= 0.3 is 5.97 Å². The van der Waals surface area contributed by atoms with Crippen molar-refractivity contribution in [3.8, 4) is 0 Å². The van der Waals surface area contributed by atoms with Crippen molar-refractivity contribution in [1.29, 1.82) is 0 Å². The number of methoxy groups -OCH3 is 1. The Labute approximate surface area is 185 Å². The molecule has 0 saturated carbocycles. The molecule has 7 nitrogen and oxygen atoms in total. The van der Waals surface area contributed by atoms with E-state index in [0.29, 0.717) is 13.1 Å². The lowest BCUT2D eigenvalue weighted by Crippen LogP contribution is -2.32. The zero-order valence-electron chi connectivity index (χ0n) is 17.1. The summed E-state index contributed by atoms with van der Waals surface area (Å²) in [4.78, 5) is 24.8. The smallest absolute Gasteiger partial charge is 0.307 e. The number of rotatable bonds is 9. The molecule has 162 valence electrons. The molecule has 9 heteroatoms. The van der Waals surface area contributed by atoms with Crippen LogP contribution < -0.4 is 5.32 Å². The fourth-order valence-electron chi connectivity index (χ4n) is 2.98. The first kappa shape index (κ1) is 24.0. The first-order valence-electron chi connectivity index (χ1n) is 9.46. The standard InChI is InChI=1S/C21H25BrN2O5S/c1-4-24(5-2)30(27,28)18-11-7-9-16(13-18)21(26)23-19(14-20(25)29-3)15-8-6-10-17(22)12-15/h6-13,19H,4-5,14H2,1-3H3,(H,23,26). The lowest BCUT2D eigenvalue weighted by Gasteiger charge is -2.20. The Hall–Kier alpha value is -2.23. The Morgan fingerprint density at radius 1 is 1.10 bits per heavy atom. The Morgan fingerprint density at radius 3 is 2.37 bits per heavy atom. The third-order valence-corrected chi connectivity index (χ3v) is 7.13. The van der Waals surface area contributed by atoms with Crippen LogP contribution in [0, 0.1) is 0 Å². The summed E-state index contributed by atoms with van der Waals surface area (Å²) in [6.45, 7) is 4.18. The predicted molar refractivity (Wildman–Crippen MR) is 118 cm³/mol. The zero-order valence-corrected chi connectivity index (χ0v) is 19.5. The van der Waals surface area contributed by atoms with E-state index in [-0.39, 0.29) is 16.9 Å². The van der Waals surface area contributed by atoms with Crippen LogP contribution in [0.1, 0.15) is 42.2 Å². The number of hydrogen-bond acceptors (Lipinski definition) is 5. The number of amides is 1. The molecule has 1 N–H and O–H groups in total. The highest BCUT2D eigenvalue weighted by Gasteiger charge is 2.24. The van der Waals surface area contributed by atoms with Gasteiger partial charge in [0.25, 0.3) is 5.91 Å². The number of nitrogens with one attached hydrogen (secondary N) is 1. The van der Waals surface area contributed by atoms with E-state index in [1.807, 2.05) is 6.07 Å². The van der Waals surface area contributed by atoms with Gasteiger partial charge in [0.05, 0.1) is 24.5 Å². The van der Waals surface area contributed by atoms with Crippen LogP contribution in [0.5, 0.6) is 0 Å². The molecule has 0 radical (unpaired) electrons. The maximum atomic E-state index is 12.9. The topological polar surface area (TPSA) is 92.8 Å². The van der Waals surface area contributed by atoms with Crippen molar-refractivity contribution in [1.82, 2.24) is 9.62 Å². The van der Waals surface area contributed by atoms with Crippen molar-refractivity contribution in [2.24, 2.45) is 0 Å². The molecule has 0 fully saturated rings. The van der Waals surface area contributed by atoms with Crippen molar-refractivity contribution < 1.29 is 22.7 Å². The van der Waals surface area contributed by atoms with Crippen molar-refractivity contribution >= 4 is 37.8 Å². The Kier molecular flexibility index (Phi) is 8.57. The molecule has 2 aromatic carbocycles. The monoisotopic (exact) mass is 496 g/mol. The third-order valence-electron chi connectivity index (χ3n) is 4.59. The van der Waals surface area contributed by atoms with E-state index >= 15 is 0 Å². The summed E-state index contributed by atoms with van der Waals surface area (Å²) in [7, 11) is -2.41. The molecule has 1 unspecified atom stereocenters. The second-order valence-corrected chi connectivity index (χ2v) is 9.33. The van der Waals surface area contributed by atoms with E-state index in [1.165, 1.54) is 35.7 Å². The summed E-state index contributed by atoms with van der Waals surface area (Å²) in [5.74, 6) is -0.960. The number of nitrogens with zero attached hydrogens (tertiary/aromatic N) is 1. The number of ether oxygens (including phenoxy) is 1. The van der Waals surface area contributed by atoms with Crippen molar-refractivity contribution in [2.75, 3.05) is 20.2 Å². The average Bonchev–Trinajstić information content (AvgIpc) is 2.73. The van der Waals surface area contributed by atoms with Crippen LogP contribution in [0.3, 0.4) is 0 Å². The minimum absolute atomic E-state index is 0.0471. The third kappa shape index (κ3) is 5.90. The summed E-state index contributed by atoms with van der Waals surface area (Å²) < 4.78 is 32.4. The highest BCUT2D eigenvalue weighted by Crippen LogP contribution is 2.23. The number of benzene rings is 2. The van der Waals surface area contributed by atoms with Gasteiger partial charge < -0.3 is 10.1 Å². The van der Waals surface area contributed by atoms with E-state index in [9.17, 15) is 18.0 Å². The molecule has 0 aromatic heterocycles. The number of esters is 1. The van der Waals surface area contributed by atoms with Crippen LogP contribution in [0.25, 0.3) is 0 Å². The molecule has 0 aliphatic rings. The van der Waals surface area contributed by atoms with E-state index in [2.05, 4.69) is 21.2 Å². The predicted octanol–water partition coefficient (Wildman–Crippen LogP) is 3.51. The second-order valence-electron chi connectivity index (χ2n) is 6.48. The van der Waals surface area contributed by atoms with Gasteiger partial charge in [0.15, 0.2) is 0 Å². The Bertz CT molecular complexity index is 1010. The summed E-state index contributed by atoms with van der Waals surface area (Å²) in [5, 5.41) is 2.81. The number of carbonyl (C=O) groups is 2. The van der Waals surface area contributed by atoms with Crippen LogP contribution >= 0.6 is 15.9 Å².